The van der Waals surface area contributed by atoms with E-state index in [9.17, 15) is 4.79 Å². The number of halogens is 2. The van der Waals surface area contributed by atoms with Gasteiger partial charge in [-0.1, -0.05) is 35.4 Å². The van der Waals surface area contributed by atoms with Crippen LogP contribution < -0.4 is 0 Å². The highest BCUT2D eigenvalue weighted by Crippen LogP contribution is 2.34. The van der Waals surface area contributed by atoms with Gasteiger partial charge in [0.25, 0.3) is 0 Å². The number of hydrogen-bond donors (Lipinski definition) is 0. The highest BCUT2D eigenvalue weighted by atomic mass is 35.5. The molecular weight excluding hydrogens is 243 g/mol. The summed E-state index contributed by atoms with van der Waals surface area (Å²) in [5.41, 5.74) is 1.76. The third kappa shape index (κ3) is 2.02. The monoisotopic (exact) mass is 254 g/mol. The number of carbonyl (C=O) groups is 1. The molecule has 0 aliphatic heterocycles. The maximum atomic E-state index is 12.0. The number of rotatable bonds is 2. The van der Waals surface area contributed by atoms with Crippen molar-refractivity contribution in [2.75, 3.05) is 0 Å². The molecule has 0 radical (unpaired) electrons. The van der Waals surface area contributed by atoms with Gasteiger partial charge in [-0.2, -0.15) is 0 Å². The molecule has 0 bridgehead atoms. The first kappa shape index (κ1) is 11.7. The molecule has 2 rings (SSSR count). The molecule has 1 nitrogen and oxygen atoms in total. The molecule has 0 fully saturated rings. The van der Waals surface area contributed by atoms with Gasteiger partial charge in [0.2, 0.25) is 0 Å². The van der Waals surface area contributed by atoms with Gasteiger partial charge in [0.15, 0.2) is 5.78 Å². The lowest BCUT2D eigenvalue weighted by atomic mass is 10.0. The summed E-state index contributed by atoms with van der Waals surface area (Å²) < 4.78 is 0. The van der Waals surface area contributed by atoms with Crippen LogP contribution >= 0.6 is 23.2 Å². The molecule has 0 saturated heterocycles. The third-order valence-electron chi connectivity index (χ3n) is 2.90. The van der Waals surface area contributed by atoms with Crippen LogP contribution in [0.2, 0.25) is 10.0 Å². The van der Waals surface area contributed by atoms with Crippen molar-refractivity contribution in [1.82, 2.24) is 0 Å². The van der Waals surface area contributed by atoms with E-state index < -0.39 is 0 Å². The second-order valence-corrected chi connectivity index (χ2v) is 4.81. The van der Waals surface area contributed by atoms with Gasteiger partial charge in [-0.3, -0.25) is 4.79 Å². The van der Waals surface area contributed by atoms with Crippen molar-refractivity contribution < 1.29 is 4.79 Å². The lowest BCUT2D eigenvalue weighted by Gasteiger charge is -2.01. The lowest BCUT2D eigenvalue weighted by Crippen LogP contribution is -2.07. The van der Waals surface area contributed by atoms with E-state index in [1.165, 1.54) is 0 Å². The summed E-state index contributed by atoms with van der Waals surface area (Å²) in [5.74, 6) is 0.243. The summed E-state index contributed by atoms with van der Waals surface area (Å²) >= 11 is 11.8. The van der Waals surface area contributed by atoms with E-state index in [1.807, 2.05) is 25.1 Å². The van der Waals surface area contributed by atoms with Crippen LogP contribution in [-0.2, 0) is 6.42 Å². The Labute approximate surface area is 105 Å². The number of Topliss-reactive ketones (excluding diaryl/α,β-unsaturated/α-hetero) is 1. The van der Waals surface area contributed by atoms with Gasteiger partial charge >= 0.3 is 0 Å². The van der Waals surface area contributed by atoms with E-state index in [0.717, 1.165) is 24.0 Å². The van der Waals surface area contributed by atoms with Gasteiger partial charge in [-0.25, -0.2) is 0 Å². The Balaban J connectivity index is 2.31. The summed E-state index contributed by atoms with van der Waals surface area (Å²) in [6.45, 7) is 1.96. The molecule has 0 heterocycles. The Morgan fingerprint density at radius 2 is 2.06 bits per heavy atom. The molecule has 84 valence electrons. The number of allylic oxidation sites excluding steroid dienone is 2. The molecular formula is C13H12Cl2O. The first-order chi connectivity index (χ1) is 7.63. The standard InChI is InChI=1S/C13H12Cl2O/c1-2-3-4-8-5-9-6-11(14)12(15)7-10(9)13(8)16/h2-3,6-8H,4-5H2,1H3. The van der Waals surface area contributed by atoms with Crippen molar-refractivity contribution in [3.63, 3.8) is 0 Å². The molecule has 1 unspecified atom stereocenters. The average molecular weight is 255 g/mol. The van der Waals surface area contributed by atoms with E-state index in [-0.39, 0.29) is 11.7 Å². The zero-order chi connectivity index (χ0) is 11.7. The predicted octanol–water partition coefficient (Wildman–Crippen LogP) is 4.31. The Hall–Kier alpha value is -0.790. The molecule has 0 amide bonds. The van der Waals surface area contributed by atoms with Gasteiger partial charge in [0, 0.05) is 11.5 Å². The quantitative estimate of drug-likeness (QED) is 0.719. The number of hydrogen-bond acceptors (Lipinski definition) is 1. The fraction of sp³-hybridized carbons (Fsp3) is 0.308. The molecule has 1 aromatic rings. The van der Waals surface area contributed by atoms with Crippen LogP contribution in [-0.4, -0.2) is 5.78 Å². The minimum Gasteiger partial charge on any atom is -0.294 e. The van der Waals surface area contributed by atoms with Gasteiger partial charge in [-0.15, -0.1) is 0 Å². The van der Waals surface area contributed by atoms with Crippen molar-refractivity contribution in [2.45, 2.75) is 19.8 Å². The smallest absolute Gasteiger partial charge is 0.166 e. The SMILES string of the molecule is CC=CCC1Cc2cc(Cl)c(Cl)cc2C1=O. The minimum absolute atomic E-state index is 0.0562. The molecule has 3 heteroatoms. The van der Waals surface area contributed by atoms with Gasteiger partial charge in [0.05, 0.1) is 10.0 Å². The summed E-state index contributed by atoms with van der Waals surface area (Å²) in [6.07, 6.45) is 5.56. The summed E-state index contributed by atoms with van der Waals surface area (Å²) in [6, 6.07) is 3.50. The van der Waals surface area contributed by atoms with Crippen LogP contribution in [0.15, 0.2) is 24.3 Å². The third-order valence-corrected chi connectivity index (χ3v) is 3.63. The zero-order valence-electron chi connectivity index (χ0n) is 8.97. The molecule has 1 aliphatic rings. The molecule has 1 atom stereocenters. The van der Waals surface area contributed by atoms with Gasteiger partial charge in [-0.05, 0) is 37.5 Å². The van der Waals surface area contributed by atoms with Crippen molar-refractivity contribution in [3.8, 4) is 0 Å². The predicted molar refractivity (Wildman–Crippen MR) is 67.4 cm³/mol. The van der Waals surface area contributed by atoms with Crippen LogP contribution in [0.5, 0.6) is 0 Å². The molecule has 0 aromatic heterocycles. The zero-order valence-corrected chi connectivity index (χ0v) is 10.5. The first-order valence-electron chi connectivity index (χ1n) is 5.26. The van der Waals surface area contributed by atoms with Crippen LogP contribution in [0, 0.1) is 5.92 Å². The second-order valence-electron chi connectivity index (χ2n) is 3.99. The highest BCUT2D eigenvalue weighted by Gasteiger charge is 2.30. The van der Waals surface area contributed by atoms with Crippen molar-refractivity contribution in [1.29, 1.82) is 0 Å². The Morgan fingerprint density at radius 1 is 1.38 bits per heavy atom. The van der Waals surface area contributed by atoms with Crippen LogP contribution in [0.3, 0.4) is 0 Å². The normalized spacial score (nSPS) is 19.4. The largest absolute Gasteiger partial charge is 0.294 e. The number of ketones is 1. The van der Waals surface area contributed by atoms with Crippen LogP contribution in [0.4, 0.5) is 0 Å². The molecule has 1 aromatic carbocycles. The molecule has 0 spiro atoms. The van der Waals surface area contributed by atoms with Crippen molar-refractivity contribution in [2.24, 2.45) is 5.92 Å². The van der Waals surface area contributed by atoms with Crippen LogP contribution in [0.25, 0.3) is 0 Å². The van der Waals surface area contributed by atoms with Gasteiger partial charge < -0.3 is 0 Å². The fourth-order valence-electron chi connectivity index (χ4n) is 2.06. The van der Waals surface area contributed by atoms with E-state index in [1.54, 1.807) is 6.07 Å². The van der Waals surface area contributed by atoms with Crippen molar-refractivity contribution >= 4 is 29.0 Å². The summed E-state index contributed by atoms with van der Waals surface area (Å²) in [7, 11) is 0. The number of fused-ring (bicyclic) bond motifs is 1. The topological polar surface area (TPSA) is 17.1 Å². The number of carbonyl (C=O) groups excluding carboxylic acids is 1. The molecule has 0 N–H and O–H groups in total. The summed E-state index contributed by atoms with van der Waals surface area (Å²) in [5, 5.41) is 0.986. The van der Waals surface area contributed by atoms with E-state index >= 15 is 0 Å². The minimum atomic E-state index is 0.0562. The van der Waals surface area contributed by atoms with E-state index in [2.05, 4.69) is 0 Å². The van der Waals surface area contributed by atoms with E-state index in [0.29, 0.717) is 10.0 Å². The highest BCUT2D eigenvalue weighted by molar-refractivity contribution is 6.42. The Morgan fingerprint density at radius 3 is 2.75 bits per heavy atom. The van der Waals surface area contributed by atoms with Crippen molar-refractivity contribution in [3.05, 3.63) is 45.5 Å². The number of benzene rings is 1. The Kier molecular flexibility index (Phi) is 3.36. The molecule has 1 aliphatic carbocycles. The first-order valence-corrected chi connectivity index (χ1v) is 6.02. The summed E-state index contributed by atoms with van der Waals surface area (Å²) in [4.78, 5) is 12.0. The van der Waals surface area contributed by atoms with Gasteiger partial charge in [0.1, 0.15) is 0 Å². The van der Waals surface area contributed by atoms with Crippen LogP contribution in [0.1, 0.15) is 29.3 Å². The maximum absolute atomic E-state index is 12.0. The second kappa shape index (κ2) is 4.60. The average Bonchev–Trinajstić information content (AvgIpc) is 2.54. The van der Waals surface area contributed by atoms with E-state index in [4.69, 9.17) is 23.2 Å². The molecule has 16 heavy (non-hydrogen) atoms. The maximum Gasteiger partial charge on any atom is 0.166 e. The molecule has 0 saturated carbocycles. The Bertz CT molecular complexity index is 463. The lowest BCUT2D eigenvalue weighted by molar-refractivity contribution is 0.0938. The fourth-order valence-corrected chi connectivity index (χ4v) is 2.40.